The average Bonchev–Trinajstić information content (AvgIpc) is 2.26. The van der Waals surface area contributed by atoms with Gasteiger partial charge in [0.1, 0.15) is 11.2 Å². The summed E-state index contributed by atoms with van der Waals surface area (Å²) >= 11 is 0. The highest BCUT2D eigenvalue weighted by atomic mass is 16.7. The molecule has 18 heavy (non-hydrogen) atoms. The van der Waals surface area contributed by atoms with Crippen LogP contribution in [0.2, 0.25) is 0 Å². The summed E-state index contributed by atoms with van der Waals surface area (Å²) < 4.78 is 15.5. The van der Waals surface area contributed by atoms with Crippen LogP contribution in [-0.2, 0) is 19.0 Å². The van der Waals surface area contributed by atoms with Crippen LogP contribution in [0.1, 0.15) is 38.5 Å². The zero-order valence-electron chi connectivity index (χ0n) is 10.5. The molecule has 5 nitrogen and oxygen atoms in total. The molecule has 4 bridgehead atoms. The van der Waals surface area contributed by atoms with Gasteiger partial charge in [-0.15, -0.1) is 0 Å². The van der Waals surface area contributed by atoms with Gasteiger partial charge < -0.3 is 14.2 Å². The monoisotopic (exact) mass is 254 g/mol. The molecular weight excluding hydrogens is 236 g/mol. The van der Waals surface area contributed by atoms with E-state index < -0.39 is 17.4 Å². The highest BCUT2D eigenvalue weighted by Crippen LogP contribution is 2.60. The molecule has 0 radical (unpaired) electrons. The Bertz CT molecular complexity index is 364. The number of rotatable bonds is 3. The molecule has 0 amide bonds. The third kappa shape index (κ3) is 1.76. The standard InChI is InChI=1S/C13H18O5/c1-16-11(15)18-13-5-9-2-10(6-13)4-12(3-9,7-13)17-8-14/h8-10H,2-7H2,1H3. The lowest BCUT2D eigenvalue weighted by Crippen LogP contribution is -2.61. The van der Waals surface area contributed by atoms with Crippen molar-refractivity contribution in [2.45, 2.75) is 49.7 Å². The van der Waals surface area contributed by atoms with E-state index in [1.165, 1.54) is 7.11 Å². The lowest BCUT2D eigenvalue weighted by atomic mass is 9.52. The van der Waals surface area contributed by atoms with Crippen molar-refractivity contribution >= 4 is 12.6 Å². The number of carbonyl (C=O) groups is 2. The van der Waals surface area contributed by atoms with Gasteiger partial charge in [-0.2, -0.15) is 0 Å². The van der Waals surface area contributed by atoms with Gasteiger partial charge in [0, 0.05) is 6.42 Å². The predicted octanol–water partition coefficient (Wildman–Crippen LogP) is 2.03. The van der Waals surface area contributed by atoms with E-state index in [2.05, 4.69) is 4.74 Å². The summed E-state index contributed by atoms with van der Waals surface area (Å²) in [4.78, 5) is 22.1. The minimum atomic E-state index is -0.627. The van der Waals surface area contributed by atoms with E-state index in [1.807, 2.05) is 0 Å². The molecule has 5 heteroatoms. The van der Waals surface area contributed by atoms with Crippen molar-refractivity contribution in [3.05, 3.63) is 0 Å². The number of hydrogen-bond acceptors (Lipinski definition) is 5. The second kappa shape index (κ2) is 3.87. The van der Waals surface area contributed by atoms with Crippen LogP contribution in [0, 0.1) is 11.8 Å². The van der Waals surface area contributed by atoms with Crippen LogP contribution in [-0.4, -0.2) is 30.9 Å². The molecule has 4 aliphatic carbocycles. The smallest absolute Gasteiger partial charge is 0.461 e. The Balaban J connectivity index is 1.84. The Kier molecular flexibility index (Phi) is 2.54. The Hall–Kier alpha value is -1.26. The normalized spacial score (nSPS) is 44.5. The predicted molar refractivity (Wildman–Crippen MR) is 60.8 cm³/mol. The van der Waals surface area contributed by atoms with Crippen LogP contribution in [0.4, 0.5) is 4.79 Å². The first-order valence-corrected chi connectivity index (χ1v) is 6.47. The molecule has 4 aliphatic rings. The van der Waals surface area contributed by atoms with E-state index in [-0.39, 0.29) is 0 Å². The van der Waals surface area contributed by atoms with E-state index in [1.54, 1.807) is 0 Å². The number of methoxy groups -OCH3 is 1. The Morgan fingerprint density at radius 3 is 2.33 bits per heavy atom. The van der Waals surface area contributed by atoms with Gasteiger partial charge in [0.25, 0.3) is 6.47 Å². The van der Waals surface area contributed by atoms with Gasteiger partial charge in [0.15, 0.2) is 0 Å². The van der Waals surface area contributed by atoms with Crippen molar-refractivity contribution in [2.24, 2.45) is 11.8 Å². The number of carbonyl (C=O) groups excluding carboxylic acids is 2. The van der Waals surface area contributed by atoms with Crippen molar-refractivity contribution in [1.82, 2.24) is 0 Å². The number of hydrogen-bond donors (Lipinski definition) is 0. The molecule has 0 aromatic carbocycles. The average molecular weight is 254 g/mol. The van der Waals surface area contributed by atoms with Crippen LogP contribution in [0.3, 0.4) is 0 Å². The SMILES string of the molecule is COC(=O)OC12CC3CC(CC(OC=O)(C3)C1)C2. The summed E-state index contributed by atoms with van der Waals surface area (Å²) in [5.41, 5.74) is -0.875. The molecule has 2 unspecified atom stereocenters. The molecule has 0 heterocycles. The summed E-state index contributed by atoms with van der Waals surface area (Å²) in [6.45, 7) is 0.541. The van der Waals surface area contributed by atoms with E-state index in [4.69, 9.17) is 9.47 Å². The van der Waals surface area contributed by atoms with E-state index in [9.17, 15) is 9.59 Å². The minimum Gasteiger partial charge on any atom is -0.461 e. The van der Waals surface area contributed by atoms with Gasteiger partial charge in [-0.05, 0) is 43.9 Å². The Morgan fingerprint density at radius 1 is 1.17 bits per heavy atom. The van der Waals surface area contributed by atoms with Gasteiger partial charge in [-0.25, -0.2) is 4.79 Å². The molecule has 0 N–H and O–H groups in total. The maximum Gasteiger partial charge on any atom is 0.508 e. The van der Waals surface area contributed by atoms with Crippen LogP contribution >= 0.6 is 0 Å². The third-order valence-electron chi connectivity index (χ3n) is 4.72. The van der Waals surface area contributed by atoms with Gasteiger partial charge >= 0.3 is 6.16 Å². The van der Waals surface area contributed by atoms with Crippen molar-refractivity contribution in [2.75, 3.05) is 7.11 Å². The maximum absolute atomic E-state index is 11.4. The van der Waals surface area contributed by atoms with Crippen molar-refractivity contribution in [3.63, 3.8) is 0 Å². The summed E-state index contributed by atoms with van der Waals surface area (Å²) in [5.74, 6) is 0.992. The molecule has 2 atom stereocenters. The number of ether oxygens (including phenoxy) is 3. The second-order valence-corrected chi connectivity index (χ2v) is 6.10. The molecule has 0 saturated heterocycles. The summed E-state index contributed by atoms with van der Waals surface area (Å²) in [5, 5.41) is 0. The minimum absolute atomic E-state index is 0.403. The van der Waals surface area contributed by atoms with Gasteiger partial charge in [-0.1, -0.05) is 0 Å². The van der Waals surface area contributed by atoms with E-state index in [0.717, 1.165) is 32.1 Å². The van der Waals surface area contributed by atoms with Crippen LogP contribution < -0.4 is 0 Å². The fourth-order valence-corrected chi connectivity index (χ4v) is 4.67. The van der Waals surface area contributed by atoms with Crippen molar-refractivity contribution < 1.29 is 23.8 Å². The van der Waals surface area contributed by atoms with E-state index in [0.29, 0.717) is 24.7 Å². The molecule has 4 saturated carbocycles. The summed E-state index contributed by atoms with van der Waals surface area (Å²) in [6, 6.07) is 0. The lowest BCUT2D eigenvalue weighted by Gasteiger charge is -2.59. The van der Waals surface area contributed by atoms with Crippen LogP contribution in [0.5, 0.6) is 0 Å². The lowest BCUT2D eigenvalue weighted by molar-refractivity contribution is -0.215. The Labute approximate surface area is 106 Å². The van der Waals surface area contributed by atoms with Crippen LogP contribution in [0.25, 0.3) is 0 Å². The van der Waals surface area contributed by atoms with E-state index >= 15 is 0 Å². The zero-order valence-corrected chi connectivity index (χ0v) is 10.5. The highest BCUT2D eigenvalue weighted by Gasteiger charge is 2.61. The largest absolute Gasteiger partial charge is 0.508 e. The zero-order chi connectivity index (χ0) is 12.8. The first-order valence-electron chi connectivity index (χ1n) is 6.47. The molecule has 0 aromatic rings. The topological polar surface area (TPSA) is 61.8 Å². The summed E-state index contributed by atoms with van der Waals surface area (Å²) in [6.07, 6.45) is 4.74. The molecule has 0 spiro atoms. The first kappa shape index (κ1) is 11.8. The quantitative estimate of drug-likeness (QED) is 0.569. The van der Waals surface area contributed by atoms with Crippen molar-refractivity contribution in [3.8, 4) is 0 Å². The molecule has 4 rings (SSSR count). The summed E-state index contributed by atoms with van der Waals surface area (Å²) in [7, 11) is 1.32. The molecule has 0 aliphatic heterocycles. The van der Waals surface area contributed by atoms with Crippen molar-refractivity contribution in [1.29, 1.82) is 0 Å². The fourth-order valence-electron chi connectivity index (χ4n) is 4.67. The van der Waals surface area contributed by atoms with Gasteiger partial charge in [-0.3, -0.25) is 4.79 Å². The fraction of sp³-hybridized carbons (Fsp3) is 0.846. The second-order valence-electron chi connectivity index (χ2n) is 6.10. The highest BCUT2D eigenvalue weighted by molar-refractivity contribution is 5.60. The molecule has 4 fully saturated rings. The van der Waals surface area contributed by atoms with Crippen LogP contribution in [0.15, 0.2) is 0 Å². The molecular formula is C13H18O5. The van der Waals surface area contributed by atoms with Gasteiger partial charge in [0.2, 0.25) is 0 Å². The van der Waals surface area contributed by atoms with Gasteiger partial charge in [0.05, 0.1) is 7.11 Å². The first-order chi connectivity index (χ1) is 8.59. The third-order valence-corrected chi connectivity index (χ3v) is 4.72. The molecule has 0 aromatic heterocycles. The molecule has 100 valence electrons. The Morgan fingerprint density at radius 2 is 1.78 bits per heavy atom. The maximum atomic E-state index is 11.4.